The Labute approximate surface area is 78.1 Å². The van der Waals surface area contributed by atoms with Gasteiger partial charge in [-0.1, -0.05) is 13.3 Å². The molecule has 0 aliphatic heterocycles. The molecule has 3 atom stereocenters. The van der Waals surface area contributed by atoms with Crippen molar-refractivity contribution in [3.8, 4) is 0 Å². The summed E-state index contributed by atoms with van der Waals surface area (Å²) in [7, 11) is 0. The molecule has 1 nitrogen and oxygen atoms in total. The zero-order valence-corrected chi connectivity index (χ0v) is 8.05. The van der Waals surface area contributed by atoms with Crippen molar-refractivity contribution in [2.45, 2.75) is 51.6 Å². The summed E-state index contributed by atoms with van der Waals surface area (Å²) in [5, 5.41) is 9.50. The van der Waals surface area contributed by atoms with Crippen molar-refractivity contribution in [3.63, 3.8) is 0 Å². The average molecular weight is 192 g/mol. The van der Waals surface area contributed by atoms with Crippen molar-refractivity contribution in [2.75, 3.05) is 0 Å². The van der Waals surface area contributed by atoms with Gasteiger partial charge in [-0.05, 0) is 31.1 Å². The van der Waals surface area contributed by atoms with E-state index in [0.29, 0.717) is 12.3 Å². The molecule has 0 radical (unpaired) electrons. The van der Waals surface area contributed by atoms with E-state index in [0.717, 1.165) is 19.3 Å². The van der Waals surface area contributed by atoms with Gasteiger partial charge in [-0.3, -0.25) is 0 Å². The number of alkyl halides is 2. The highest BCUT2D eigenvalue weighted by Crippen LogP contribution is 2.34. The minimum absolute atomic E-state index is 0.127. The van der Waals surface area contributed by atoms with Gasteiger partial charge in [0.15, 0.2) is 0 Å². The van der Waals surface area contributed by atoms with Crippen molar-refractivity contribution in [2.24, 2.45) is 11.8 Å². The molecular formula is C10H18F2O. The molecule has 3 unspecified atom stereocenters. The van der Waals surface area contributed by atoms with Gasteiger partial charge in [0, 0.05) is 6.42 Å². The highest BCUT2D eigenvalue weighted by atomic mass is 19.3. The van der Waals surface area contributed by atoms with E-state index < -0.39 is 12.5 Å². The maximum atomic E-state index is 12.1. The first-order chi connectivity index (χ1) is 6.13. The summed E-state index contributed by atoms with van der Waals surface area (Å²) in [5.74, 6) is 0.380. The molecular weight excluding hydrogens is 174 g/mol. The maximum absolute atomic E-state index is 12.1. The molecule has 0 amide bonds. The Hall–Kier alpha value is -0.180. The van der Waals surface area contributed by atoms with Gasteiger partial charge < -0.3 is 5.11 Å². The van der Waals surface area contributed by atoms with Crippen LogP contribution in [0.4, 0.5) is 8.78 Å². The molecule has 1 rings (SSSR count). The van der Waals surface area contributed by atoms with Crippen LogP contribution in [-0.4, -0.2) is 17.6 Å². The van der Waals surface area contributed by atoms with Crippen molar-refractivity contribution >= 4 is 0 Å². The molecule has 0 saturated heterocycles. The third-order valence-electron chi connectivity index (χ3n) is 3.11. The van der Waals surface area contributed by atoms with Crippen LogP contribution in [0.1, 0.15) is 39.0 Å². The molecule has 0 aromatic rings. The first kappa shape index (κ1) is 10.9. The van der Waals surface area contributed by atoms with E-state index in [2.05, 4.69) is 6.92 Å². The second-order valence-electron chi connectivity index (χ2n) is 4.04. The average Bonchev–Trinajstić information content (AvgIpc) is 2.08. The van der Waals surface area contributed by atoms with Crippen molar-refractivity contribution in [1.82, 2.24) is 0 Å². The van der Waals surface area contributed by atoms with Crippen molar-refractivity contribution in [3.05, 3.63) is 0 Å². The minimum atomic E-state index is -2.27. The Morgan fingerprint density at radius 2 is 2.08 bits per heavy atom. The van der Waals surface area contributed by atoms with Gasteiger partial charge in [0.1, 0.15) is 0 Å². The quantitative estimate of drug-likeness (QED) is 0.729. The van der Waals surface area contributed by atoms with Gasteiger partial charge in [-0.15, -0.1) is 0 Å². The van der Waals surface area contributed by atoms with E-state index in [-0.39, 0.29) is 12.3 Å². The standard InChI is InChI=1S/C10H18F2O/c1-2-7-3-4-9(13)8(5-7)6-10(11)12/h7-10,13H,2-6H2,1H3. The summed E-state index contributed by atoms with van der Waals surface area (Å²) in [5.41, 5.74) is 0. The first-order valence-corrected chi connectivity index (χ1v) is 5.09. The summed E-state index contributed by atoms with van der Waals surface area (Å²) in [4.78, 5) is 0. The summed E-state index contributed by atoms with van der Waals surface area (Å²) < 4.78 is 24.2. The summed E-state index contributed by atoms with van der Waals surface area (Å²) >= 11 is 0. The van der Waals surface area contributed by atoms with E-state index >= 15 is 0 Å². The van der Waals surface area contributed by atoms with Crippen molar-refractivity contribution in [1.29, 1.82) is 0 Å². The van der Waals surface area contributed by atoms with Gasteiger partial charge in [0.2, 0.25) is 6.43 Å². The number of rotatable bonds is 3. The highest BCUT2D eigenvalue weighted by Gasteiger charge is 2.30. The number of halogens is 2. The van der Waals surface area contributed by atoms with Crippen LogP contribution in [-0.2, 0) is 0 Å². The Morgan fingerprint density at radius 3 is 2.62 bits per heavy atom. The lowest BCUT2D eigenvalue weighted by Crippen LogP contribution is -2.30. The fraction of sp³-hybridized carbons (Fsp3) is 1.00. The monoisotopic (exact) mass is 192 g/mol. The molecule has 3 heteroatoms. The normalized spacial score (nSPS) is 35.3. The molecule has 0 heterocycles. The van der Waals surface area contributed by atoms with Crippen LogP contribution in [0, 0.1) is 11.8 Å². The molecule has 0 aromatic heterocycles. The fourth-order valence-electron chi connectivity index (χ4n) is 2.20. The number of aliphatic hydroxyl groups is 1. The molecule has 1 N–H and O–H groups in total. The van der Waals surface area contributed by atoms with Crippen molar-refractivity contribution < 1.29 is 13.9 Å². The van der Waals surface area contributed by atoms with Crippen LogP contribution in [0.25, 0.3) is 0 Å². The van der Waals surface area contributed by atoms with Gasteiger partial charge in [0.05, 0.1) is 6.10 Å². The van der Waals surface area contributed by atoms with E-state index in [1.807, 2.05) is 0 Å². The molecule has 0 spiro atoms. The van der Waals surface area contributed by atoms with Crippen LogP contribution in [0.2, 0.25) is 0 Å². The first-order valence-electron chi connectivity index (χ1n) is 5.09. The van der Waals surface area contributed by atoms with Crippen LogP contribution < -0.4 is 0 Å². The van der Waals surface area contributed by atoms with E-state index in [4.69, 9.17) is 0 Å². The SMILES string of the molecule is CCC1CCC(O)C(CC(F)F)C1. The second kappa shape index (κ2) is 4.89. The Bertz CT molecular complexity index is 150. The van der Waals surface area contributed by atoms with Crippen LogP contribution >= 0.6 is 0 Å². The van der Waals surface area contributed by atoms with E-state index in [1.165, 1.54) is 0 Å². The number of hydrogen-bond acceptors (Lipinski definition) is 1. The highest BCUT2D eigenvalue weighted by molar-refractivity contribution is 4.79. The third-order valence-corrected chi connectivity index (χ3v) is 3.11. The van der Waals surface area contributed by atoms with Gasteiger partial charge in [-0.2, -0.15) is 0 Å². The van der Waals surface area contributed by atoms with Crippen LogP contribution in [0.15, 0.2) is 0 Å². The molecule has 78 valence electrons. The number of aliphatic hydroxyl groups excluding tert-OH is 1. The molecule has 1 fully saturated rings. The molecule has 13 heavy (non-hydrogen) atoms. The predicted octanol–water partition coefficient (Wildman–Crippen LogP) is 2.83. The van der Waals surface area contributed by atoms with E-state index in [9.17, 15) is 13.9 Å². The lowest BCUT2D eigenvalue weighted by Gasteiger charge is -2.32. The molecule has 0 bridgehead atoms. The Kier molecular flexibility index (Phi) is 4.10. The molecule has 1 saturated carbocycles. The topological polar surface area (TPSA) is 20.2 Å². The molecule has 1 aliphatic carbocycles. The maximum Gasteiger partial charge on any atom is 0.239 e. The van der Waals surface area contributed by atoms with Gasteiger partial charge >= 0.3 is 0 Å². The lowest BCUT2D eigenvalue weighted by molar-refractivity contribution is 0.00748. The molecule has 1 aliphatic rings. The summed E-state index contributed by atoms with van der Waals surface area (Å²) in [6.45, 7) is 2.09. The minimum Gasteiger partial charge on any atom is -0.393 e. The second-order valence-corrected chi connectivity index (χ2v) is 4.04. The fourth-order valence-corrected chi connectivity index (χ4v) is 2.20. The smallest absolute Gasteiger partial charge is 0.239 e. The lowest BCUT2D eigenvalue weighted by atomic mass is 9.77. The van der Waals surface area contributed by atoms with Crippen LogP contribution in [0.5, 0.6) is 0 Å². The zero-order valence-electron chi connectivity index (χ0n) is 8.05. The Balaban J connectivity index is 2.40. The summed E-state index contributed by atoms with van der Waals surface area (Å²) in [6.07, 6.45) is 0.645. The number of hydrogen-bond donors (Lipinski definition) is 1. The zero-order chi connectivity index (χ0) is 9.84. The molecule has 0 aromatic carbocycles. The van der Waals surface area contributed by atoms with Gasteiger partial charge in [0.25, 0.3) is 0 Å². The predicted molar refractivity (Wildman–Crippen MR) is 47.7 cm³/mol. The van der Waals surface area contributed by atoms with Gasteiger partial charge in [-0.25, -0.2) is 8.78 Å². The van der Waals surface area contributed by atoms with E-state index in [1.54, 1.807) is 0 Å². The largest absolute Gasteiger partial charge is 0.393 e. The van der Waals surface area contributed by atoms with Crippen LogP contribution in [0.3, 0.4) is 0 Å². The Morgan fingerprint density at radius 1 is 1.38 bits per heavy atom. The third kappa shape index (κ3) is 3.22. The summed E-state index contributed by atoms with van der Waals surface area (Å²) in [6, 6.07) is 0.